The van der Waals surface area contributed by atoms with E-state index in [0.717, 1.165) is 31.1 Å². The zero-order valence-corrected chi connectivity index (χ0v) is 18.2. The molecule has 0 saturated heterocycles. The van der Waals surface area contributed by atoms with Crippen LogP contribution in [0.5, 0.6) is 0 Å². The molecule has 4 saturated carbocycles. The highest BCUT2D eigenvalue weighted by atomic mass is 32.2. The lowest BCUT2D eigenvalue weighted by atomic mass is 9.45. The highest BCUT2D eigenvalue weighted by molar-refractivity contribution is 8.00. The summed E-state index contributed by atoms with van der Waals surface area (Å²) in [5.41, 5.74) is 0.456. The van der Waals surface area contributed by atoms with Gasteiger partial charge in [-0.15, -0.1) is 11.8 Å². The number of rotatable bonds is 2. The van der Waals surface area contributed by atoms with E-state index in [2.05, 4.69) is 44.2 Å². The maximum absolute atomic E-state index is 10.7. The van der Waals surface area contributed by atoms with Crippen LogP contribution in [0.2, 0.25) is 0 Å². The number of aliphatic hydroxyl groups is 2. The van der Waals surface area contributed by atoms with Gasteiger partial charge in [0.05, 0.1) is 12.2 Å². The topological polar surface area (TPSA) is 40.5 Å². The lowest BCUT2D eigenvalue weighted by Gasteiger charge is -2.62. The maximum Gasteiger partial charge on any atom is 0.0596 e. The number of hydrogen-bond donors (Lipinski definition) is 2. The summed E-state index contributed by atoms with van der Waals surface area (Å²) in [6, 6.07) is 10.8. The summed E-state index contributed by atoms with van der Waals surface area (Å²) in [6.07, 6.45) is 8.96. The molecule has 9 atom stereocenters. The second-order valence-electron chi connectivity index (χ2n) is 10.7. The molecule has 3 heteroatoms. The molecule has 1 aromatic rings. The fourth-order valence-electron chi connectivity index (χ4n) is 8.08. The predicted octanol–water partition coefficient (Wildman–Crippen LogP) is 5.52. The van der Waals surface area contributed by atoms with Crippen LogP contribution in [0, 0.1) is 34.5 Å². The van der Waals surface area contributed by atoms with Crippen molar-refractivity contribution in [3.05, 3.63) is 30.3 Å². The van der Waals surface area contributed by atoms with Gasteiger partial charge in [0, 0.05) is 10.1 Å². The molecule has 154 valence electrons. The molecule has 0 bridgehead atoms. The third-order valence-electron chi connectivity index (χ3n) is 9.67. The van der Waals surface area contributed by atoms with E-state index in [9.17, 15) is 10.2 Å². The van der Waals surface area contributed by atoms with Gasteiger partial charge in [-0.1, -0.05) is 32.0 Å². The van der Waals surface area contributed by atoms with Crippen LogP contribution in [-0.2, 0) is 0 Å². The van der Waals surface area contributed by atoms with E-state index in [1.807, 2.05) is 11.8 Å². The zero-order valence-electron chi connectivity index (χ0n) is 17.4. The highest BCUT2D eigenvalue weighted by Crippen LogP contribution is 2.67. The molecule has 4 aliphatic rings. The summed E-state index contributed by atoms with van der Waals surface area (Å²) in [5, 5.41) is 21.9. The average molecular weight is 401 g/mol. The summed E-state index contributed by atoms with van der Waals surface area (Å²) in [7, 11) is 0. The predicted molar refractivity (Wildman–Crippen MR) is 115 cm³/mol. The average Bonchev–Trinajstić information content (AvgIpc) is 2.99. The fraction of sp³-hybridized carbons (Fsp3) is 0.760. The van der Waals surface area contributed by atoms with Crippen molar-refractivity contribution >= 4 is 11.8 Å². The normalized spacial score (nSPS) is 50.5. The molecular formula is C25H36O2S. The van der Waals surface area contributed by atoms with Crippen LogP contribution in [0.1, 0.15) is 65.2 Å². The van der Waals surface area contributed by atoms with Crippen LogP contribution in [0.4, 0.5) is 0 Å². The first-order valence-electron chi connectivity index (χ1n) is 11.5. The molecule has 0 aromatic heterocycles. The summed E-state index contributed by atoms with van der Waals surface area (Å²) in [6.45, 7) is 4.95. The van der Waals surface area contributed by atoms with Crippen molar-refractivity contribution in [2.24, 2.45) is 34.5 Å². The molecule has 28 heavy (non-hydrogen) atoms. The van der Waals surface area contributed by atoms with Crippen molar-refractivity contribution in [1.82, 2.24) is 0 Å². The number of aliphatic hydroxyl groups excluding tert-OH is 2. The number of fused-ring (bicyclic) bond motifs is 5. The third kappa shape index (κ3) is 2.83. The van der Waals surface area contributed by atoms with Gasteiger partial charge in [-0.05, 0) is 98.0 Å². The SMILES string of the molecule is CC12CCC3C(CCC4CC(O)CC(Sc5ccccc5)C43C)C1CCC2O. The van der Waals surface area contributed by atoms with Gasteiger partial charge in [-0.3, -0.25) is 0 Å². The van der Waals surface area contributed by atoms with Crippen LogP contribution in [0.3, 0.4) is 0 Å². The van der Waals surface area contributed by atoms with E-state index in [4.69, 9.17) is 0 Å². The minimum Gasteiger partial charge on any atom is -0.393 e. The van der Waals surface area contributed by atoms with Crippen LogP contribution < -0.4 is 0 Å². The molecule has 0 heterocycles. The first-order chi connectivity index (χ1) is 13.4. The van der Waals surface area contributed by atoms with Crippen molar-refractivity contribution in [2.45, 2.75) is 87.6 Å². The minimum absolute atomic E-state index is 0.0911. The van der Waals surface area contributed by atoms with Gasteiger partial charge < -0.3 is 10.2 Å². The van der Waals surface area contributed by atoms with Crippen molar-refractivity contribution < 1.29 is 10.2 Å². The number of benzene rings is 1. The second-order valence-corrected chi connectivity index (χ2v) is 12.0. The summed E-state index contributed by atoms with van der Waals surface area (Å²) < 4.78 is 0. The monoisotopic (exact) mass is 400 g/mol. The van der Waals surface area contributed by atoms with Crippen molar-refractivity contribution in [1.29, 1.82) is 0 Å². The fourth-order valence-corrected chi connectivity index (χ4v) is 9.66. The van der Waals surface area contributed by atoms with E-state index < -0.39 is 0 Å². The standard InChI is InChI=1S/C25H36O2S/c1-24-13-12-21-19(20(24)10-11-22(24)27)9-8-16-14-17(26)15-23(25(16,21)2)28-18-6-4-3-5-7-18/h3-7,16-17,19-23,26-27H,8-15H2,1-2H3. The molecule has 0 amide bonds. The zero-order chi connectivity index (χ0) is 19.5. The highest BCUT2D eigenvalue weighted by Gasteiger charge is 2.62. The molecule has 2 nitrogen and oxygen atoms in total. The molecular weight excluding hydrogens is 364 g/mol. The molecule has 4 aliphatic carbocycles. The molecule has 0 spiro atoms. The van der Waals surface area contributed by atoms with Crippen molar-refractivity contribution in [2.75, 3.05) is 0 Å². The Morgan fingerprint density at radius 2 is 1.68 bits per heavy atom. The lowest BCUT2D eigenvalue weighted by Crippen LogP contribution is -2.58. The van der Waals surface area contributed by atoms with E-state index in [-0.39, 0.29) is 17.6 Å². The lowest BCUT2D eigenvalue weighted by molar-refractivity contribution is -0.130. The Labute approximate surface area is 174 Å². The molecule has 2 N–H and O–H groups in total. The Hall–Kier alpha value is -0.510. The van der Waals surface area contributed by atoms with E-state index >= 15 is 0 Å². The van der Waals surface area contributed by atoms with Gasteiger partial charge in [0.25, 0.3) is 0 Å². The molecule has 4 fully saturated rings. The van der Waals surface area contributed by atoms with Crippen LogP contribution in [-0.4, -0.2) is 27.7 Å². The second kappa shape index (κ2) is 7.03. The van der Waals surface area contributed by atoms with Gasteiger partial charge in [-0.25, -0.2) is 0 Å². The van der Waals surface area contributed by atoms with Gasteiger partial charge in [0.1, 0.15) is 0 Å². The van der Waals surface area contributed by atoms with Gasteiger partial charge in [0.2, 0.25) is 0 Å². The van der Waals surface area contributed by atoms with Gasteiger partial charge in [-0.2, -0.15) is 0 Å². The Morgan fingerprint density at radius 3 is 2.46 bits per heavy atom. The minimum atomic E-state index is -0.141. The van der Waals surface area contributed by atoms with E-state index in [1.165, 1.54) is 37.0 Å². The van der Waals surface area contributed by atoms with Crippen LogP contribution >= 0.6 is 11.8 Å². The maximum atomic E-state index is 10.7. The van der Waals surface area contributed by atoms with E-state index in [1.54, 1.807) is 0 Å². The smallest absolute Gasteiger partial charge is 0.0596 e. The van der Waals surface area contributed by atoms with Gasteiger partial charge >= 0.3 is 0 Å². The van der Waals surface area contributed by atoms with Gasteiger partial charge in [0.15, 0.2) is 0 Å². The molecule has 0 radical (unpaired) electrons. The Kier molecular flexibility index (Phi) is 4.88. The first-order valence-corrected chi connectivity index (χ1v) is 12.4. The molecule has 5 rings (SSSR count). The van der Waals surface area contributed by atoms with Crippen LogP contribution in [0.15, 0.2) is 35.2 Å². The summed E-state index contributed by atoms with van der Waals surface area (Å²) in [5.74, 6) is 2.87. The number of hydrogen-bond acceptors (Lipinski definition) is 3. The molecule has 0 aliphatic heterocycles. The van der Waals surface area contributed by atoms with Crippen molar-refractivity contribution in [3.63, 3.8) is 0 Å². The third-order valence-corrected chi connectivity index (χ3v) is 11.2. The first kappa shape index (κ1) is 19.5. The van der Waals surface area contributed by atoms with Crippen LogP contribution in [0.25, 0.3) is 0 Å². The number of thioether (sulfide) groups is 1. The van der Waals surface area contributed by atoms with Crippen molar-refractivity contribution in [3.8, 4) is 0 Å². The Bertz CT molecular complexity index is 708. The largest absolute Gasteiger partial charge is 0.393 e. The quantitative estimate of drug-likeness (QED) is 0.686. The summed E-state index contributed by atoms with van der Waals surface area (Å²) in [4.78, 5) is 1.35. The Balaban J connectivity index is 1.47. The summed E-state index contributed by atoms with van der Waals surface area (Å²) >= 11 is 2.02. The Morgan fingerprint density at radius 1 is 0.893 bits per heavy atom. The van der Waals surface area contributed by atoms with E-state index in [0.29, 0.717) is 22.5 Å². The molecule has 9 unspecified atom stereocenters. The molecule has 1 aromatic carbocycles.